The quantitative estimate of drug-likeness (QED) is 0.763. The molecule has 2 fully saturated rings. The molecule has 2 saturated heterocycles. The summed E-state index contributed by atoms with van der Waals surface area (Å²) in [6, 6.07) is 0. The molecule has 14 heavy (non-hydrogen) atoms. The molecule has 0 aromatic rings. The van der Waals surface area contributed by atoms with Crippen LogP contribution in [-0.4, -0.2) is 44.1 Å². The van der Waals surface area contributed by atoms with E-state index in [1.165, 1.54) is 17.9 Å². The van der Waals surface area contributed by atoms with Crippen molar-refractivity contribution in [3.8, 4) is 0 Å². The summed E-state index contributed by atoms with van der Waals surface area (Å²) < 4.78 is 10.6. The van der Waals surface area contributed by atoms with Crippen molar-refractivity contribution in [1.82, 2.24) is 5.32 Å². The summed E-state index contributed by atoms with van der Waals surface area (Å²) in [5, 5.41) is 3.50. The Hall–Kier alpha value is 0.230. The maximum atomic E-state index is 5.45. The average molecular weight is 217 g/mol. The molecular weight excluding hydrogens is 198 g/mol. The third kappa shape index (κ3) is 3.42. The Balaban J connectivity index is 1.52. The van der Waals surface area contributed by atoms with Gasteiger partial charge in [0.05, 0.1) is 12.7 Å². The van der Waals surface area contributed by atoms with Gasteiger partial charge in [0.25, 0.3) is 0 Å². The summed E-state index contributed by atoms with van der Waals surface area (Å²) in [6.07, 6.45) is 2.79. The summed E-state index contributed by atoms with van der Waals surface area (Å²) in [5.41, 5.74) is 0. The largest absolute Gasteiger partial charge is 0.355 e. The molecule has 0 aliphatic carbocycles. The number of rotatable bonds is 4. The highest BCUT2D eigenvalue weighted by Gasteiger charge is 2.17. The Morgan fingerprint density at radius 2 is 2.29 bits per heavy atom. The Morgan fingerprint density at radius 3 is 3.00 bits per heavy atom. The molecule has 0 amide bonds. The topological polar surface area (TPSA) is 30.5 Å². The van der Waals surface area contributed by atoms with Gasteiger partial charge in [0.2, 0.25) is 0 Å². The van der Waals surface area contributed by atoms with Crippen LogP contribution < -0.4 is 5.32 Å². The Kier molecular flexibility index (Phi) is 4.57. The van der Waals surface area contributed by atoms with Gasteiger partial charge in [-0.15, -0.1) is 0 Å². The first-order valence-corrected chi connectivity index (χ1v) is 6.58. The number of thioether (sulfide) groups is 1. The van der Waals surface area contributed by atoms with Gasteiger partial charge < -0.3 is 14.8 Å². The van der Waals surface area contributed by atoms with Crippen LogP contribution in [-0.2, 0) is 9.47 Å². The molecule has 2 heterocycles. The van der Waals surface area contributed by atoms with E-state index in [0.717, 1.165) is 32.0 Å². The molecule has 0 aromatic heterocycles. The Morgan fingerprint density at radius 1 is 1.29 bits per heavy atom. The summed E-state index contributed by atoms with van der Waals surface area (Å²) >= 11 is 2.08. The van der Waals surface area contributed by atoms with Crippen molar-refractivity contribution >= 4 is 11.8 Å². The molecule has 2 aliphatic rings. The second-order valence-electron chi connectivity index (χ2n) is 3.99. The van der Waals surface area contributed by atoms with Gasteiger partial charge in [-0.3, -0.25) is 0 Å². The molecule has 0 radical (unpaired) electrons. The van der Waals surface area contributed by atoms with Gasteiger partial charge in [-0.05, 0) is 36.8 Å². The lowest BCUT2D eigenvalue weighted by Crippen LogP contribution is -2.36. The van der Waals surface area contributed by atoms with Crippen molar-refractivity contribution in [1.29, 1.82) is 0 Å². The van der Waals surface area contributed by atoms with Crippen molar-refractivity contribution in [3.63, 3.8) is 0 Å². The van der Waals surface area contributed by atoms with Gasteiger partial charge in [0.1, 0.15) is 6.79 Å². The van der Waals surface area contributed by atoms with Crippen molar-refractivity contribution in [3.05, 3.63) is 0 Å². The summed E-state index contributed by atoms with van der Waals surface area (Å²) in [6.45, 7) is 3.48. The van der Waals surface area contributed by atoms with Crippen LogP contribution in [0.25, 0.3) is 0 Å². The molecule has 0 aromatic carbocycles. The zero-order valence-corrected chi connectivity index (χ0v) is 9.35. The van der Waals surface area contributed by atoms with E-state index in [4.69, 9.17) is 9.47 Å². The number of ether oxygens (including phenoxy) is 2. The van der Waals surface area contributed by atoms with Crippen LogP contribution >= 0.6 is 11.8 Å². The normalized spacial score (nSPS) is 33.4. The smallest absolute Gasteiger partial charge is 0.147 e. The fraction of sp³-hybridized carbons (Fsp3) is 1.00. The molecule has 2 atom stereocenters. The first-order chi connectivity index (χ1) is 6.95. The predicted octanol–water partition coefficient (Wildman–Crippen LogP) is 1.09. The lowest BCUT2D eigenvalue weighted by atomic mass is 10.1. The predicted molar refractivity (Wildman–Crippen MR) is 58.6 cm³/mol. The monoisotopic (exact) mass is 217 g/mol. The second kappa shape index (κ2) is 5.95. The highest BCUT2D eigenvalue weighted by Crippen LogP contribution is 2.22. The zero-order valence-electron chi connectivity index (χ0n) is 8.54. The van der Waals surface area contributed by atoms with Crippen LogP contribution in [0.3, 0.4) is 0 Å². The third-order valence-corrected chi connectivity index (χ3v) is 4.03. The van der Waals surface area contributed by atoms with Crippen LogP contribution in [0.2, 0.25) is 0 Å². The maximum Gasteiger partial charge on any atom is 0.147 e. The SMILES string of the molecule is C1CC(CNCC2CCSC2)OCO1. The van der Waals surface area contributed by atoms with Crippen molar-refractivity contribution in [2.24, 2.45) is 5.92 Å². The summed E-state index contributed by atoms with van der Waals surface area (Å²) in [5.74, 6) is 3.57. The molecule has 4 heteroatoms. The molecular formula is C10H19NO2S. The van der Waals surface area contributed by atoms with E-state index in [1.807, 2.05) is 0 Å². The summed E-state index contributed by atoms with van der Waals surface area (Å²) in [4.78, 5) is 0. The van der Waals surface area contributed by atoms with E-state index in [2.05, 4.69) is 17.1 Å². The minimum Gasteiger partial charge on any atom is -0.355 e. The van der Waals surface area contributed by atoms with Gasteiger partial charge in [-0.2, -0.15) is 11.8 Å². The van der Waals surface area contributed by atoms with Crippen molar-refractivity contribution in [2.45, 2.75) is 18.9 Å². The molecule has 2 aliphatic heterocycles. The average Bonchev–Trinajstić information content (AvgIpc) is 2.72. The molecule has 1 N–H and O–H groups in total. The van der Waals surface area contributed by atoms with E-state index in [-0.39, 0.29) is 0 Å². The molecule has 82 valence electrons. The second-order valence-corrected chi connectivity index (χ2v) is 5.14. The Bertz CT molecular complexity index is 156. The minimum absolute atomic E-state index is 0.373. The van der Waals surface area contributed by atoms with Crippen LogP contribution in [0.1, 0.15) is 12.8 Å². The molecule has 2 unspecified atom stereocenters. The Labute approximate surface area is 89.9 Å². The highest BCUT2D eigenvalue weighted by atomic mass is 32.2. The fourth-order valence-electron chi connectivity index (χ4n) is 1.86. The lowest BCUT2D eigenvalue weighted by molar-refractivity contribution is -0.137. The van der Waals surface area contributed by atoms with Gasteiger partial charge in [-0.1, -0.05) is 0 Å². The summed E-state index contributed by atoms with van der Waals surface area (Å²) in [7, 11) is 0. The van der Waals surface area contributed by atoms with Crippen molar-refractivity contribution in [2.75, 3.05) is 38.0 Å². The van der Waals surface area contributed by atoms with Crippen molar-refractivity contribution < 1.29 is 9.47 Å². The first-order valence-electron chi connectivity index (χ1n) is 5.43. The number of nitrogens with one attached hydrogen (secondary N) is 1. The van der Waals surface area contributed by atoms with Gasteiger partial charge in [0.15, 0.2) is 0 Å². The van der Waals surface area contributed by atoms with Crippen LogP contribution in [0.15, 0.2) is 0 Å². The first kappa shape index (κ1) is 10.7. The zero-order chi connectivity index (χ0) is 9.64. The molecule has 0 bridgehead atoms. The van der Waals surface area contributed by atoms with E-state index in [9.17, 15) is 0 Å². The third-order valence-electron chi connectivity index (χ3n) is 2.80. The minimum atomic E-state index is 0.373. The highest BCUT2D eigenvalue weighted by molar-refractivity contribution is 7.99. The molecule has 2 rings (SSSR count). The van der Waals surface area contributed by atoms with E-state index >= 15 is 0 Å². The molecule has 0 saturated carbocycles. The van der Waals surface area contributed by atoms with E-state index in [0.29, 0.717) is 12.9 Å². The molecule has 3 nitrogen and oxygen atoms in total. The van der Waals surface area contributed by atoms with E-state index < -0.39 is 0 Å². The van der Waals surface area contributed by atoms with Gasteiger partial charge >= 0.3 is 0 Å². The maximum absolute atomic E-state index is 5.45. The molecule has 0 spiro atoms. The van der Waals surface area contributed by atoms with Crippen LogP contribution in [0.5, 0.6) is 0 Å². The number of hydrogen-bond acceptors (Lipinski definition) is 4. The standard InChI is InChI=1S/C10H19NO2S/c1-3-12-8-13-10(1)6-11-5-9-2-4-14-7-9/h9-11H,1-8H2. The van der Waals surface area contributed by atoms with E-state index in [1.54, 1.807) is 0 Å². The van der Waals surface area contributed by atoms with Gasteiger partial charge in [-0.25, -0.2) is 0 Å². The number of hydrogen-bond donors (Lipinski definition) is 1. The van der Waals surface area contributed by atoms with Crippen LogP contribution in [0.4, 0.5) is 0 Å². The lowest BCUT2D eigenvalue weighted by Gasteiger charge is -2.23. The van der Waals surface area contributed by atoms with Gasteiger partial charge in [0, 0.05) is 6.54 Å². The fourth-order valence-corrected chi connectivity index (χ4v) is 3.14. The van der Waals surface area contributed by atoms with Crippen LogP contribution in [0, 0.1) is 5.92 Å².